The summed E-state index contributed by atoms with van der Waals surface area (Å²) < 4.78 is 0. The van der Waals surface area contributed by atoms with Crippen LogP contribution in [0.3, 0.4) is 0 Å². The zero-order valence-corrected chi connectivity index (χ0v) is 19.5. The van der Waals surface area contributed by atoms with Crippen molar-refractivity contribution >= 4 is 41.3 Å². The quantitative estimate of drug-likeness (QED) is 0.372. The van der Waals surface area contributed by atoms with E-state index in [2.05, 4.69) is 69.7 Å². The second-order valence-corrected chi connectivity index (χ2v) is 8.15. The third-order valence-corrected chi connectivity index (χ3v) is 5.91. The third kappa shape index (κ3) is 6.43. The minimum absolute atomic E-state index is 0. The number of nitrogens with one attached hydrogen (secondary N) is 2. The Bertz CT molecular complexity index is 710. The summed E-state index contributed by atoms with van der Waals surface area (Å²) in [6.45, 7) is 7.33. The van der Waals surface area contributed by atoms with E-state index in [9.17, 15) is 0 Å². The highest BCUT2D eigenvalue weighted by Crippen LogP contribution is 2.24. The number of thiazole rings is 1. The average Bonchev–Trinajstić information content (AvgIpc) is 3.11. The first-order chi connectivity index (χ1) is 12.7. The van der Waals surface area contributed by atoms with Crippen molar-refractivity contribution in [3.05, 3.63) is 52.0 Å². The second kappa shape index (κ2) is 11.0. The van der Waals surface area contributed by atoms with Gasteiger partial charge < -0.3 is 10.6 Å². The molecule has 1 aliphatic rings. The number of aromatic nitrogens is 1. The molecule has 1 saturated heterocycles. The lowest BCUT2D eigenvalue weighted by Gasteiger charge is -2.37. The molecule has 0 amide bonds. The number of halogens is 1. The molecule has 0 saturated carbocycles. The number of benzene rings is 1. The molecule has 148 valence electrons. The smallest absolute Gasteiger partial charge is 0.191 e. The van der Waals surface area contributed by atoms with Gasteiger partial charge in [-0.2, -0.15) is 0 Å². The van der Waals surface area contributed by atoms with Crippen molar-refractivity contribution in [3.63, 3.8) is 0 Å². The molecule has 1 atom stereocenters. The van der Waals surface area contributed by atoms with Gasteiger partial charge in [0.25, 0.3) is 0 Å². The second-order valence-electron chi connectivity index (χ2n) is 6.83. The first kappa shape index (κ1) is 22.1. The summed E-state index contributed by atoms with van der Waals surface area (Å²) in [6.07, 6.45) is 4.18. The number of nitrogens with zero attached hydrogens (tertiary/aromatic N) is 3. The van der Waals surface area contributed by atoms with Crippen LogP contribution in [0.15, 0.2) is 41.5 Å². The fourth-order valence-electron chi connectivity index (χ4n) is 3.40. The average molecular weight is 499 g/mol. The predicted octanol–water partition coefficient (Wildman–Crippen LogP) is 3.96. The highest BCUT2D eigenvalue weighted by Gasteiger charge is 2.24. The van der Waals surface area contributed by atoms with Gasteiger partial charge >= 0.3 is 0 Å². The van der Waals surface area contributed by atoms with Crippen LogP contribution in [0.1, 0.15) is 41.3 Å². The van der Waals surface area contributed by atoms with Gasteiger partial charge in [-0.3, -0.25) is 9.89 Å². The van der Waals surface area contributed by atoms with E-state index in [1.54, 1.807) is 11.3 Å². The number of hydrogen-bond donors (Lipinski definition) is 2. The minimum atomic E-state index is 0. The lowest BCUT2D eigenvalue weighted by Crippen LogP contribution is -2.48. The van der Waals surface area contributed by atoms with Crippen molar-refractivity contribution < 1.29 is 0 Å². The standard InChI is InChI=1S/C20H29N5S.HI/c1-15-13-22-19(26-15)14-23-20(21-3)24-18-9-11-25(12-10-18)16(2)17-7-5-4-6-8-17;/h4-8,13,16,18H,9-12,14H2,1-3H3,(H2,21,23,24);1H. The molecule has 0 radical (unpaired) electrons. The van der Waals surface area contributed by atoms with Crippen LogP contribution in [-0.2, 0) is 6.54 Å². The van der Waals surface area contributed by atoms with Crippen molar-refractivity contribution in [2.75, 3.05) is 20.1 Å². The molecule has 1 fully saturated rings. The summed E-state index contributed by atoms with van der Waals surface area (Å²) in [6, 6.07) is 11.7. The number of piperidine rings is 1. The van der Waals surface area contributed by atoms with Gasteiger partial charge in [-0.05, 0) is 32.3 Å². The van der Waals surface area contributed by atoms with Crippen LogP contribution < -0.4 is 10.6 Å². The van der Waals surface area contributed by atoms with Gasteiger partial charge in [-0.15, -0.1) is 35.3 Å². The molecule has 1 aromatic heterocycles. The van der Waals surface area contributed by atoms with Gasteiger partial charge in [0.2, 0.25) is 0 Å². The van der Waals surface area contributed by atoms with Crippen molar-refractivity contribution in [2.24, 2.45) is 4.99 Å². The summed E-state index contributed by atoms with van der Waals surface area (Å²) in [5.41, 5.74) is 1.40. The van der Waals surface area contributed by atoms with Crippen LogP contribution in [0.25, 0.3) is 0 Å². The molecule has 2 N–H and O–H groups in total. The fourth-order valence-corrected chi connectivity index (χ4v) is 4.13. The number of guanidine groups is 1. The van der Waals surface area contributed by atoms with Crippen molar-refractivity contribution in [1.29, 1.82) is 0 Å². The molecule has 7 heteroatoms. The van der Waals surface area contributed by atoms with Crippen LogP contribution in [0.2, 0.25) is 0 Å². The maximum Gasteiger partial charge on any atom is 0.191 e. The zero-order valence-electron chi connectivity index (χ0n) is 16.3. The summed E-state index contributed by atoms with van der Waals surface area (Å²) in [4.78, 5) is 12.6. The van der Waals surface area contributed by atoms with E-state index in [0.29, 0.717) is 12.1 Å². The van der Waals surface area contributed by atoms with Gasteiger partial charge in [-0.25, -0.2) is 4.98 Å². The van der Waals surface area contributed by atoms with E-state index >= 15 is 0 Å². The Morgan fingerprint density at radius 1 is 1.30 bits per heavy atom. The molecular formula is C20H30IN5S. The first-order valence-electron chi connectivity index (χ1n) is 9.33. The third-order valence-electron chi connectivity index (χ3n) is 5.00. The maximum atomic E-state index is 4.39. The SMILES string of the molecule is CN=C(NCc1ncc(C)s1)NC1CCN(C(C)c2ccccc2)CC1.I. The lowest BCUT2D eigenvalue weighted by molar-refractivity contribution is 0.158. The molecule has 1 unspecified atom stereocenters. The number of rotatable bonds is 5. The molecule has 1 aromatic carbocycles. The molecule has 1 aliphatic heterocycles. The summed E-state index contributed by atoms with van der Waals surface area (Å²) >= 11 is 1.72. The summed E-state index contributed by atoms with van der Waals surface area (Å²) in [5, 5.41) is 8.04. The highest BCUT2D eigenvalue weighted by molar-refractivity contribution is 14.0. The zero-order chi connectivity index (χ0) is 18.4. The van der Waals surface area contributed by atoms with Crippen LogP contribution in [0, 0.1) is 6.92 Å². The number of aliphatic imine (C=N–C) groups is 1. The molecule has 0 spiro atoms. The molecule has 3 rings (SSSR count). The summed E-state index contributed by atoms with van der Waals surface area (Å²) in [7, 11) is 1.83. The van der Waals surface area contributed by atoms with E-state index < -0.39 is 0 Å². The number of likely N-dealkylation sites (tertiary alicyclic amines) is 1. The largest absolute Gasteiger partial charge is 0.354 e. The van der Waals surface area contributed by atoms with Crippen LogP contribution in [0.4, 0.5) is 0 Å². The van der Waals surface area contributed by atoms with E-state index in [-0.39, 0.29) is 24.0 Å². The normalized spacial score (nSPS) is 17.2. The highest BCUT2D eigenvalue weighted by atomic mass is 127. The molecule has 2 heterocycles. The Labute approximate surface area is 183 Å². The summed E-state index contributed by atoms with van der Waals surface area (Å²) in [5.74, 6) is 0.868. The Balaban J connectivity index is 0.00000261. The first-order valence-corrected chi connectivity index (χ1v) is 10.1. The molecule has 0 aliphatic carbocycles. The Morgan fingerprint density at radius 3 is 2.59 bits per heavy atom. The van der Waals surface area contributed by atoms with E-state index in [1.807, 2.05) is 13.2 Å². The number of hydrogen-bond acceptors (Lipinski definition) is 4. The molecule has 5 nitrogen and oxygen atoms in total. The Kier molecular flexibility index (Phi) is 8.98. The van der Waals surface area contributed by atoms with Crippen molar-refractivity contribution in [3.8, 4) is 0 Å². The van der Waals surface area contributed by atoms with Crippen molar-refractivity contribution in [2.45, 2.75) is 45.3 Å². The molecule has 27 heavy (non-hydrogen) atoms. The van der Waals surface area contributed by atoms with Gasteiger partial charge in [0.05, 0.1) is 6.54 Å². The lowest BCUT2D eigenvalue weighted by atomic mass is 10.0. The topological polar surface area (TPSA) is 52.6 Å². The number of aryl methyl sites for hydroxylation is 1. The predicted molar refractivity (Wildman–Crippen MR) is 125 cm³/mol. The van der Waals surface area contributed by atoms with Gasteiger partial charge in [0.15, 0.2) is 5.96 Å². The minimum Gasteiger partial charge on any atom is -0.354 e. The Hall–Kier alpha value is -1.19. The van der Waals surface area contributed by atoms with Gasteiger partial charge in [0.1, 0.15) is 5.01 Å². The van der Waals surface area contributed by atoms with Gasteiger partial charge in [-0.1, -0.05) is 30.3 Å². The van der Waals surface area contributed by atoms with E-state index in [1.165, 1.54) is 10.4 Å². The van der Waals surface area contributed by atoms with Crippen LogP contribution in [-0.4, -0.2) is 42.0 Å². The Morgan fingerprint density at radius 2 is 2.00 bits per heavy atom. The van der Waals surface area contributed by atoms with Crippen LogP contribution in [0.5, 0.6) is 0 Å². The molecule has 2 aromatic rings. The monoisotopic (exact) mass is 499 g/mol. The van der Waals surface area contributed by atoms with Crippen molar-refractivity contribution in [1.82, 2.24) is 20.5 Å². The maximum absolute atomic E-state index is 4.39. The fraction of sp³-hybridized carbons (Fsp3) is 0.500. The molecular weight excluding hydrogens is 469 g/mol. The van der Waals surface area contributed by atoms with Gasteiger partial charge in [0, 0.05) is 43.3 Å². The molecule has 0 bridgehead atoms. The van der Waals surface area contributed by atoms with Crippen LogP contribution >= 0.6 is 35.3 Å². The van der Waals surface area contributed by atoms with E-state index in [4.69, 9.17) is 0 Å². The van der Waals surface area contributed by atoms with E-state index in [0.717, 1.165) is 43.4 Å².